The summed E-state index contributed by atoms with van der Waals surface area (Å²) in [5.74, 6) is 3.45. The quantitative estimate of drug-likeness (QED) is 0.736. The van der Waals surface area contributed by atoms with Crippen LogP contribution >= 0.6 is 0 Å². The minimum atomic E-state index is 0.467. The number of anilines is 1. The zero-order valence-electron chi connectivity index (χ0n) is 9.35. The number of nitrogens with zero attached hydrogens (tertiary/aromatic N) is 3. The molecule has 1 aromatic heterocycles. The molecule has 3 nitrogen and oxygen atoms in total. The van der Waals surface area contributed by atoms with Gasteiger partial charge in [0.1, 0.15) is 5.82 Å². The molecule has 0 spiro atoms. The van der Waals surface area contributed by atoms with Gasteiger partial charge in [-0.05, 0) is 24.2 Å². The van der Waals surface area contributed by atoms with E-state index in [9.17, 15) is 0 Å². The van der Waals surface area contributed by atoms with Crippen LogP contribution < -0.4 is 4.90 Å². The summed E-state index contributed by atoms with van der Waals surface area (Å²) in [4.78, 5) is 11.3. The first-order valence-electron chi connectivity index (χ1n) is 5.81. The molecular formula is C12H17N3. The van der Waals surface area contributed by atoms with Gasteiger partial charge in [0.15, 0.2) is 0 Å². The first-order chi connectivity index (χ1) is 7.24. The van der Waals surface area contributed by atoms with Gasteiger partial charge in [-0.15, -0.1) is 0 Å². The van der Waals surface area contributed by atoms with Gasteiger partial charge in [-0.1, -0.05) is 13.8 Å². The van der Waals surface area contributed by atoms with Crippen LogP contribution in [-0.2, 0) is 0 Å². The molecule has 0 amide bonds. The zero-order chi connectivity index (χ0) is 10.4. The number of fused-ring (bicyclic) bond motifs is 1. The summed E-state index contributed by atoms with van der Waals surface area (Å²) in [6, 6.07) is 0. The van der Waals surface area contributed by atoms with Crippen LogP contribution in [0.3, 0.4) is 0 Å². The zero-order valence-corrected chi connectivity index (χ0v) is 9.35. The lowest BCUT2D eigenvalue weighted by Crippen LogP contribution is -2.23. The van der Waals surface area contributed by atoms with Gasteiger partial charge in [-0.3, -0.25) is 4.98 Å². The van der Waals surface area contributed by atoms with Crippen molar-refractivity contribution in [3.8, 4) is 0 Å². The van der Waals surface area contributed by atoms with Crippen molar-refractivity contribution < 1.29 is 0 Å². The van der Waals surface area contributed by atoms with E-state index < -0.39 is 0 Å². The normalized spacial score (nSPS) is 28.3. The smallest absolute Gasteiger partial charge is 0.147 e. The van der Waals surface area contributed by atoms with Crippen molar-refractivity contribution in [3.05, 3.63) is 18.1 Å². The molecule has 2 atom stereocenters. The molecule has 3 rings (SSSR count). The second kappa shape index (κ2) is 3.19. The van der Waals surface area contributed by atoms with Gasteiger partial charge in [-0.2, -0.15) is 0 Å². The van der Waals surface area contributed by atoms with Crippen molar-refractivity contribution in [2.24, 2.45) is 11.8 Å². The van der Waals surface area contributed by atoms with E-state index in [1.165, 1.54) is 19.5 Å². The fourth-order valence-corrected chi connectivity index (χ4v) is 2.39. The highest BCUT2D eigenvalue weighted by atomic mass is 15.2. The molecule has 2 heterocycles. The van der Waals surface area contributed by atoms with Crippen LogP contribution in [0.15, 0.2) is 12.4 Å². The van der Waals surface area contributed by atoms with Crippen molar-refractivity contribution in [1.82, 2.24) is 9.97 Å². The molecule has 1 aliphatic carbocycles. The third kappa shape index (κ3) is 1.60. The topological polar surface area (TPSA) is 29.0 Å². The molecule has 0 radical (unpaired) electrons. The summed E-state index contributed by atoms with van der Waals surface area (Å²) in [6.07, 6.45) is 5.22. The molecule has 0 aromatic carbocycles. The molecule has 0 N–H and O–H groups in total. The molecule has 80 valence electrons. The summed E-state index contributed by atoms with van der Waals surface area (Å²) < 4.78 is 0. The molecule has 3 heteroatoms. The van der Waals surface area contributed by atoms with Gasteiger partial charge >= 0.3 is 0 Å². The lowest BCUT2D eigenvalue weighted by Gasteiger charge is -2.19. The lowest BCUT2D eigenvalue weighted by atomic mass is 10.1. The van der Waals surface area contributed by atoms with Crippen molar-refractivity contribution in [2.45, 2.75) is 26.2 Å². The summed E-state index contributed by atoms with van der Waals surface area (Å²) in [5.41, 5.74) is 1.10. The van der Waals surface area contributed by atoms with E-state index in [0.717, 1.165) is 23.3 Å². The standard InChI is InChI=1S/C12H17N3/c1-8(2)11-4-13-5-12(14-11)15-6-9-3-10(9)7-15/h4-5,8-10H,3,6-7H2,1-2H3. The van der Waals surface area contributed by atoms with Crippen LogP contribution in [0, 0.1) is 11.8 Å². The van der Waals surface area contributed by atoms with Crippen LogP contribution in [0.2, 0.25) is 0 Å². The number of rotatable bonds is 2. The third-order valence-electron chi connectivity index (χ3n) is 3.53. The van der Waals surface area contributed by atoms with Gasteiger partial charge in [0.2, 0.25) is 0 Å². The Bertz CT molecular complexity index is 365. The van der Waals surface area contributed by atoms with E-state index in [1.54, 1.807) is 0 Å². The van der Waals surface area contributed by atoms with E-state index in [2.05, 4.69) is 28.7 Å². The Morgan fingerprint density at radius 3 is 2.67 bits per heavy atom. The summed E-state index contributed by atoms with van der Waals surface area (Å²) in [5, 5.41) is 0. The highest BCUT2D eigenvalue weighted by Gasteiger charge is 2.45. The van der Waals surface area contributed by atoms with Crippen LogP contribution in [0.4, 0.5) is 5.82 Å². The van der Waals surface area contributed by atoms with E-state index in [4.69, 9.17) is 0 Å². The molecule has 1 saturated heterocycles. The molecule has 2 fully saturated rings. The van der Waals surface area contributed by atoms with Crippen molar-refractivity contribution >= 4 is 5.82 Å². The molecule has 2 aliphatic rings. The van der Waals surface area contributed by atoms with Crippen LogP contribution in [0.25, 0.3) is 0 Å². The fourth-order valence-electron chi connectivity index (χ4n) is 2.39. The van der Waals surface area contributed by atoms with Gasteiger partial charge in [0.05, 0.1) is 11.9 Å². The van der Waals surface area contributed by atoms with Gasteiger partial charge in [-0.25, -0.2) is 4.98 Å². The van der Waals surface area contributed by atoms with Crippen molar-refractivity contribution in [2.75, 3.05) is 18.0 Å². The maximum absolute atomic E-state index is 4.67. The Balaban J connectivity index is 1.82. The van der Waals surface area contributed by atoms with E-state index in [0.29, 0.717) is 5.92 Å². The largest absolute Gasteiger partial charge is 0.355 e. The Labute approximate surface area is 90.5 Å². The second-order valence-electron chi connectivity index (χ2n) is 5.12. The molecule has 1 aliphatic heterocycles. The maximum Gasteiger partial charge on any atom is 0.147 e. The summed E-state index contributed by atoms with van der Waals surface area (Å²) >= 11 is 0. The van der Waals surface area contributed by atoms with Crippen LogP contribution in [-0.4, -0.2) is 23.1 Å². The third-order valence-corrected chi connectivity index (χ3v) is 3.53. The molecule has 1 aromatic rings. The average molecular weight is 203 g/mol. The fraction of sp³-hybridized carbons (Fsp3) is 0.667. The van der Waals surface area contributed by atoms with Crippen molar-refractivity contribution in [3.63, 3.8) is 0 Å². The predicted octanol–water partition coefficient (Wildman–Crippen LogP) is 2.06. The lowest BCUT2D eigenvalue weighted by molar-refractivity contribution is 0.768. The molecule has 15 heavy (non-hydrogen) atoms. The van der Waals surface area contributed by atoms with Gasteiger partial charge < -0.3 is 4.90 Å². The van der Waals surface area contributed by atoms with Gasteiger partial charge in [0.25, 0.3) is 0 Å². The summed E-state index contributed by atoms with van der Waals surface area (Å²) in [6.45, 7) is 6.71. The van der Waals surface area contributed by atoms with E-state index in [1.807, 2.05) is 12.4 Å². The first kappa shape index (κ1) is 9.13. The second-order valence-corrected chi connectivity index (χ2v) is 5.12. The highest BCUT2D eigenvalue weighted by molar-refractivity contribution is 5.40. The van der Waals surface area contributed by atoms with E-state index in [-0.39, 0.29) is 0 Å². The monoisotopic (exact) mass is 203 g/mol. The predicted molar refractivity (Wildman–Crippen MR) is 59.9 cm³/mol. The number of hydrogen-bond donors (Lipinski definition) is 0. The number of piperidine rings is 1. The van der Waals surface area contributed by atoms with Crippen LogP contribution in [0.5, 0.6) is 0 Å². The molecule has 0 bridgehead atoms. The van der Waals surface area contributed by atoms with Gasteiger partial charge in [0, 0.05) is 19.3 Å². The van der Waals surface area contributed by atoms with Crippen LogP contribution in [0.1, 0.15) is 31.9 Å². The number of aromatic nitrogens is 2. The Morgan fingerprint density at radius 1 is 1.27 bits per heavy atom. The van der Waals surface area contributed by atoms with E-state index >= 15 is 0 Å². The summed E-state index contributed by atoms with van der Waals surface area (Å²) in [7, 11) is 0. The average Bonchev–Trinajstić information content (AvgIpc) is 2.86. The minimum Gasteiger partial charge on any atom is -0.355 e. The number of hydrogen-bond acceptors (Lipinski definition) is 3. The Hall–Kier alpha value is -1.12. The Kier molecular flexibility index (Phi) is 1.94. The molecular weight excluding hydrogens is 186 g/mol. The highest BCUT2D eigenvalue weighted by Crippen LogP contribution is 2.45. The first-order valence-corrected chi connectivity index (χ1v) is 5.81. The SMILES string of the molecule is CC(C)c1cncc(N2CC3CC3C2)n1. The minimum absolute atomic E-state index is 0.467. The Morgan fingerprint density at radius 2 is 2.00 bits per heavy atom. The van der Waals surface area contributed by atoms with Crippen molar-refractivity contribution in [1.29, 1.82) is 0 Å². The molecule has 2 unspecified atom stereocenters. The molecule has 1 saturated carbocycles. The maximum atomic E-state index is 4.67.